The van der Waals surface area contributed by atoms with E-state index in [1.807, 2.05) is 0 Å². The molecule has 2 N–H and O–H groups in total. The molecule has 1 aliphatic heterocycles. The number of hydrogen-bond donors (Lipinski definition) is 2. The van der Waals surface area contributed by atoms with E-state index in [1.165, 1.54) is 12.1 Å². The van der Waals surface area contributed by atoms with Crippen molar-refractivity contribution < 1.29 is 23.1 Å². The number of carbonyl (C=O) groups excluding carboxylic acids is 1. The summed E-state index contributed by atoms with van der Waals surface area (Å²) in [6, 6.07) is 6.34. The molecule has 3 rings (SSSR count). The highest BCUT2D eigenvalue weighted by molar-refractivity contribution is 7.89. The lowest BCUT2D eigenvalue weighted by atomic mass is 9.90. The number of hydrogen-bond acceptors (Lipinski definition) is 4. The van der Waals surface area contributed by atoms with E-state index >= 15 is 0 Å². The molecule has 0 bridgehead atoms. The predicted molar refractivity (Wildman–Crippen MR) is 95.0 cm³/mol. The maximum atomic E-state index is 12.5. The number of piperidine rings is 1. The van der Waals surface area contributed by atoms with Gasteiger partial charge < -0.3 is 10.0 Å². The van der Waals surface area contributed by atoms with E-state index in [2.05, 4.69) is 4.72 Å². The SMILES string of the molecule is CCNS(=O)(=O)c1ccc(CC(=O)N2CCC3(CC2)CC3C(=O)O)cc1. The lowest BCUT2D eigenvalue weighted by Crippen LogP contribution is -2.40. The van der Waals surface area contributed by atoms with Gasteiger partial charge in [-0.2, -0.15) is 0 Å². The first-order chi connectivity index (χ1) is 12.3. The van der Waals surface area contributed by atoms with Crippen LogP contribution in [-0.2, 0) is 26.0 Å². The van der Waals surface area contributed by atoms with Crippen LogP contribution >= 0.6 is 0 Å². The molecule has 1 atom stereocenters. The average Bonchev–Trinajstić information content (AvgIpc) is 3.30. The molecule has 1 unspecified atom stereocenters. The second kappa shape index (κ2) is 7.00. The molecule has 0 radical (unpaired) electrons. The Morgan fingerprint density at radius 3 is 2.35 bits per heavy atom. The lowest BCUT2D eigenvalue weighted by molar-refractivity contribution is -0.139. The van der Waals surface area contributed by atoms with E-state index in [1.54, 1.807) is 24.0 Å². The summed E-state index contributed by atoms with van der Waals surface area (Å²) in [7, 11) is -3.49. The normalized spacial score (nSPS) is 21.6. The second-order valence-corrected chi connectivity index (χ2v) is 8.93. The minimum atomic E-state index is -3.49. The Bertz CT molecular complexity index is 795. The Labute approximate surface area is 153 Å². The number of aliphatic carboxylic acids is 1. The van der Waals surface area contributed by atoms with Crippen LogP contribution < -0.4 is 4.72 Å². The number of sulfonamides is 1. The average molecular weight is 380 g/mol. The van der Waals surface area contributed by atoms with Gasteiger partial charge in [-0.15, -0.1) is 0 Å². The number of rotatable bonds is 6. The third-order valence-corrected chi connectivity index (χ3v) is 7.08. The Balaban J connectivity index is 1.55. The summed E-state index contributed by atoms with van der Waals surface area (Å²) < 4.78 is 26.3. The van der Waals surface area contributed by atoms with Gasteiger partial charge in [0, 0.05) is 19.6 Å². The molecular formula is C18H24N2O5S. The Hall–Kier alpha value is -1.93. The van der Waals surface area contributed by atoms with Gasteiger partial charge in [0.1, 0.15) is 0 Å². The summed E-state index contributed by atoms with van der Waals surface area (Å²) in [4.78, 5) is 25.5. The largest absolute Gasteiger partial charge is 0.481 e. The van der Waals surface area contributed by atoms with Gasteiger partial charge in [-0.1, -0.05) is 19.1 Å². The van der Waals surface area contributed by atoms with Crippen molar-refractivity contribution in [3.05, 3.63) is 29.8 Å². The molecule has 0 aromatic heterocycles. The molecule has 1 aromatic carbocycles. The van der Waals surface area contributed by atoms with E-state index in [4.69, 9.17) is 5.11 Å². The molecule has 1 spiro atoms. The summed E-state index contributed by atoms with van der Waals surface area (Å²) in [5, 5.41) is 9.13. The van der Waals surface area contributed by atoms with Crippen molar-refractivity contribution >= 4 is 21.9 Å². The molecule has 7 nitrogen and oxygen atoms in total. The van der Waals surface area contributed by atoms with Crippen LogP contribution in [-0.4, -0.2) is 49.9 Å². The highest BCUT2D eigenvalue weighted by atomic mass is 32.2. The van der Waals surface area contributed by atoms with Gasteiger partial charge in [-0.25, -0.2) is 13.1 Å². The highest BCUT2D eigenvalue weighted by Gasteiger charge is 2.59. The van der Waals surface area contributed by atoms with Crippen molar-refractivity contribution in [1.29, 1.82) is 0 Å². The lowest BCUT2D eigenvalue weighted by Gasteiger charge is -2.32. The number of carbonyl (C=O) groups is 2. The molecule has 1 saturated carbocycles. The predicted octanol–water partition coefficient (Wildman–Crippen LogP) is 1.24. The van der Waals surface area contributed by atoms with Crippen LogP contribution in [0, 0.1) is 11.3 Å². The van der Waals surface area contributed by atoms with Crippen LogP contribution in [0.1, 0.15) is 31.7 Å². The molecular weight excluding hydrogens is 356 g/mol. The van der Waals surface area contributed by atoms with Gasteiger partial charge in [-0.3, -0.25) is 9.59 Å². The van der Waals surface area contributed by atoms with Crippen LogP contribution in [0.2, 0.25) is 0 Å². The Morgan fingerprint density at radius 1 is 1.23 bits per heavy atom. The van der Waals surface area contributed by atoms with E-state index in [9.17, 15) is 18.0 Å². The topological polar surface area (TPSA) is 104 Å². The zero-order valence-electron chi connectivity index (χ0n) is 14.8. The highest BCUT2D eigenvalue weighted by Crippen LogP contribution is 2.59. The fourth-order valence-corrected chi connectivity index (χ4v) is 4.84. The molecule has 1 aromatic rings. The van der Waals surface area contributed by atoms with Crippen LogP contribution in [0.4, 0.5) is 0 Å². The molecule has 1 heterocycles. The minimum absolute atomic E-state index is 0.00494. The summed E-state index contributed by atoms with van der Waals surface area (Å²) >= 11 is 0. The van der Waals surface area contributed by atoms with Gasteiger partial charge in [0.25, 0.3) is 0 Å². The quantitative estimate of drug-likeness (QED) is 0.773. The number of likely N-dealkylation sites (tertiary alicyclic amines) is 1. The molecule has 26 heavy (non-hydrogen) atoms. The summed E-state index contributed by atoms with van der Waals surface area (Å²) in [6.45, 7) is 3.22. The van der Waals surface area contributed by atoms with Crippen molar-refractivity contribution in [1.82, 2.24) is 9.62 Å². The maximum Gasteiger partial charge on any atom is 0.307 e. The molecule has 1 saturated heterocycles. The summed E-state index contributed by atoms with van der Waals surface area (Å²) in [6.07, 6.45) is 2.44. The van der Waals surface area contributed by atoms with Crippen LogP contribution in [0.15, 0.2) is 29.2 Å². The van der Waals surface area contributed by atoms with Crippen LogP contribution in [0.5, 0.6) is 0 Å². The zero-order chi connectivity index (χ0) is 18.9. The third-order valence-electron chi connectivity index (χ3n) is 5.52. The van der Waals surface area contributed by atoms with Crippen molar-refractivity contribution in [2.24, 2.45) is 11.3 Å². The number of carboxylic acids is 1. The van der Waals surface area contributed by atoms with Gasteiger partial charge in [0.15, 0.2) is 0 Å². The first-order valence-corrected chi connectivity index (χ1v) is 10.3. The van der Waals surface area contributed by atoms with Crippen LogP contribution in [0.25, 0.3) is 0 Å². The van der Waals surface area contributed by atoms with E-state index in [0.717, 1.165) is 24.8 Å². The van der Waals surface area contributed by atoms with Gasteiger partial charge in [0.2, 0.25) is 15.9 Å². The molecule has 142 valence electrons. The van der Waals surface area contributed by atoms with Crippen molar-refractivity contribution in [3.8, 4) is 0 Å². The number of nitrogens with one attached hydrogen (secondary N) is 1. The maximum absolute atomic E-state index is 12.5. The van der Waals surface area contributed by atoms with E-state index in [-0.39, 0.29) is 28.6 Å². The molecule has 1 amide bonds. The summed E-state index contributed by atoms with van der Waals surface area (Å²) in [5.74, 6) is -0.974. The molecule has 2 fully saturated rings. The van der Waals surface area contributed by atoms with E-state index < -0.39 is 16.0 Å². The van der Waals surface area contributed by atoms with E-state index in [0.29, 0.717) is 19.6 Å². The van der Waals surface area contributed by atoms with Gasteiger partial charge >= 0.3 is 5.97 Å². The van der Waals surface area contributed by atoms with Gasteiger partial charge in [-0.05, 0) is 42.4 Å². The smallest absolute Gasteiger partial charge is 0.307 e. The van der Waals surface area contributed by atoms with Crippen molar-refractivity contribution in [3.63, 3.8) is 0 Å². The van der Waals surface area contributed by atoms with Crippen LogP contribution in [0.3, 0.4) is 0 Å². The monoisotopic (exact) mass is 380 g/mol. The number of carboxylic acid groups (broad SMARTS) is 1. The molecule has 1 aliphatic carbocycles. The number of amides is 1. The fourth-order valence-electron chi connectivity index (χ4n) is 3.80. The third kappa shape index (κ3) is 3.76. The number of nitrogens with zero attached hydrogens (tertiary/aromatic N) is 1. The first kappa shape index (κ1) is 18.8. The second-order valence-electron chi connectivity index (χ2n) is 7.16. The fraction of sp³-hybridized carbons (Fsp3) is 0.556. The molecule has 2 aliphatic rings. The minimum Gasteiger partial charge on any atom is -0.481 e. The first-order valence-electron chi connectivity index (χ1n) is 8.86. The summed E-state index contributed by atoms with van der Waals surface area (Å²) in [5.41, 5.74) is 0.672. The standard InChI is InChI=1S/C18H24N2O5S/c1-2-19-26(24,25)14-5-3-13(4-6-14)11-16(21)20-9-7-18(8-10-20)12-15(18)17(22)23/h3-6,15,19H,2,7-12H2,1H3,(H,22,23). The number of benzene rings is 1. The Morgan fingerprint density at radius 2 is 1.85 bits per heavy atom. The Kier molecular flexibility index (Phi) is 5.07. The van der Waals surface area contributed by atoms with Crippen molar-refractivity contribution in [2.75, 3.05) is 19.6 Å². The van der Waals surface area contributed by atoms with Gasteiger partial charge in [0.05, 0.1) is 17.2 Å². The van der Waals surface area contributed by atoms with Crippen molar-refractivity contribution in [2.45, 2.75) is 37.5 Å². The molecule has 8 heteroatoms. The zero-order valence-corrected chi connectivity index (χ0v) is 15.6.